The van der Waals surface area contributed by atoms with Crippen molar-refractivity contribution in [3.8, 4) is 5.75 Å². The maximum Gasteiger partial charge on any atom is 0.223 e. The number of aliphatic imine (C=N–C) groups is 1. The molecule has 9 nitrogen and oxygen atoms in total. The van der Waals surface area contributed by atoms with Gasteiger partial charge in [-0.15, -0.1) is 0 Å². The largest absolute Gasteiger partial charge is 0.493 e. The van der Waals surface area contributed by atoms with Crippen molar-refractivity contribution in [1.29, 1.82) is 0 Å². The number of hydrogen-bond donors (Lipinski definition) is 2. The third kappa shape index (κ3) is 4.74. The molecule has 0 unspecified atom stereocenters. The molecule has 3 N–H and O–H groups in total. The highest BCUT2D eigenvalue weighted by atomic mass is 19.1. The molecular weight excluding hydrogens is 461 g/mol. The molecule has 0 saturated carbocycles. The van der Waals surface area contributed by atoms with Gasteiger partial charge in [0.25, 0.3) is 0 Å². The summed E-state index contributed by atoms with van der Waals surface area (Å²) in [7, 11) is 1.54. The number of pyridine rings is 1. The number of carbonyl (C=O) groups excluding carboxylic acids is 1. The number of nitrogens with two attached hydrogens (primary N) is 1. The molecule has 2 aliphatic heterocycles. The van der Waals surface area contributed by atoms with E-state index in [1.165, 1.54) is 12.1 Å². The summed E-state index contributed by atoms with van der Waals surface area (Å²) in [5.74, 6) is 0.986. The van der Waals surface area contributed by atoms with Crippen LogP contribution < -0.4 is 15.8 Å². The van der Waals surface area contributed by atoms with Crippen molar-refractivity contribution >= 4 is 34.7 Å². The Bertz CT molecular complexity index is 1370. The monoisotopic (exact) mass is 487 g/mol. The highest BCUT2D eigenvalue weighted by Crippen LogP contribution is 2.38. The standard InChI is InChI=1S/C26H26FN7O2/c1-15(35)34-10-8-19(14-34)31-26-29-9-7-21(33-26)24-20(17-11-23(36-2)25(28)30-13-17)12-22(32-24)16-3-5-18(27)6-4-16/h3-7,9,11,13,19H,8,10,12,14H2,1-2H3,(H2,28,30)(H,29,31,33)/t19-/m0/s1. The van der Waals surface area contributed by atoms with Crippen LogP contribution in [-0.4, -0.2) is 57.7 Å². The number of rotatable bonds is 6. The minimum absolute atomic E-state index is 0.0601. The summed E-state index contributed by atoms with van der Waals surface area (Å²) < 4.78 is 18.9. The molecule has 0 aliphatic carbocycles. The van der Waals surface area contributed by atoms with Crippen LogP contribution >= 0.6 is 0 Å². The number of carbonyl (C=O) groups is 1. The molecule has 10 heteroatoms. The van der Waals surface area contributed by atoms with E-state index in [0.717, 1.165) is 28.8 Å². The Kier molecular flexibility index (Phi) is 6.32. The average Bonchev–Trinajstić information content (AvgIpc) is 3.53. The molecule has 1 fully saturated rings. The van der Waals surface area contributed by atoms with Gasteiger partial charge in [-0.2, -0.15) is 0 Å². The van der Waals surface area contributed by atoms with E-state index in [1.54, 1.807) is 49.5 Å². The molecule has 1 aromatic carbocycles. The number of allylic oxidation sites excluding steroid dienone is 1. The second-order valence-corrected chi connectivity index (χ2v) is 8.74. The minimum atomic E-state index is -0.306. The maximum atomic E-state index is 13.5. The Morgan fingerprint density at radius 1 is 1.19 bits per heavy atom. The van der Waals surface area contributed by atoms with Gasteiger partial charge in [0.15, 0.2) is 11.6 Å². The van der Waals surface area contributed by atoms with Gasteiger partial charge in [0.1, 0.15) is 5.82 Å². The number of aromatic nitrogens is 3. The fraction of sp³-hybridized carbons (Fsp3) is 0.269. The van der Waals surface area contributed by atoms with Crippen molar-refractivity contribution in [1.82, 2.24) is 19.9 Å². The third-order valence-electron chi connectivity index (χ3n) is 6.37. The summed E-state index contributed by atoms with van der Waals surface area (Å²) in [6, 6.07) is 9.97. The van der Waals surface area contributed by atoms with E-state index in [9.17, 15) is 9.18 Å². The smallest absolute Gasteiger partial charge is 0.223 e. The van der Waals surface area contributed by atoms with E-state index in [0.29, 0.717) is 48.4 Å². The molecule has 1 amide bonds. The molecule has 1 saturated heterocycles. The zero-order valence-corrected chi connectivity index (χ0v) is 20.0. The zero-order chi connectivity index (χ0) is 25.2. The first kappa shape index (κ1) is 23.4. The van der Waals surface area contributed by atoms with Gasteiger partial charge >= 0.3 is 0 Å². The third-order valence-corrected chi connectivity index (χ3v) is 6.37. The lowest BCUT2D eigenvalue weighted by Crippen LogP contribution is -2.30. The van der Waals surface area contributed by atoms with Crippen molar-refractivity contribution in [2.75, 3.05) is 31.2 Å². The normalized spacial score (nSPS) is 17.4. The molecule has 2 aromatic heterocycles. The number of amides is 1. The lowest BCUT2D eigenvalue weighted by atomic mass is 9.98. The first-order chi connectivity index (χ1) is 17.4. The van der Waals surface area contributed by atoms with E-state index in [4.69, 9.17) is 20.4 Å². The Morgan fingerprint density at radius 2 is 2.00 bits per heavy atom. The van der Waals surface area contributed by atoms with Crippen LogP contribution in [0.1, 0.15) is 36.6 Å². The number of nitrogens with one attached hydrogen (secondary N) is 1. The van der Waals surface area contributed by atoms with E-state index in [1.807, 2.05) is 6.07 Å². The van der Waals surface area contributed by atoms with Crippen molar-refractivity contribution in [2.24, 2.45) is 4.99 Å². The Hall–Kier alpha value is -4.34. The second kappa shape index (κ2) is 9.73. The molecule has 0 spiro atoms. The summed E-state index contributed by atoms with van der Waals surface area (Å²) >= 11 is 0. The van der Waals surface area contributed by atoms with Gasteiger partial charge in [0, 0.05) is 50.4 Å². The van der Waals surface area contributed by atoms with Crippen LogP contribution in [0.15, 0.2) is 53.8 Å². The average molecular weight is 488 g/mol. The molecule has 0 radical (unpaired) electrons. The van der Waals surface area contributed by atoms with Crippen molar-refractivity contribution in [3.05, 3.63) is 71.4 Å². The minimum Gasteiger partial charge on any atom is -0.493 e. The van der Waals surface area contributed by atoms with Crippen molar-refractivity contribution < 1.29 is 13.9 Å². The summed E-state index contributed by atoms with van der Waals surface area (Å²) in [6.07, 6.45) is 4.69. The van der Waals surface area contributed by atoms with Crippen molar-refractivity contribution in [2.45, 2.75) is 25.8 Å². The molecule has 5 rings (SSSR count). The Balaban J connectivity index is 1.51. The summed E-state index contributed by atoms with van der Waals surface area (Å²) in [6.45, 7) is 2.89. The number of nitrogen functional groups attached to an aromatic ring is 1. The van der Waals surface area contributed by atoms with Crippen LogP contribution in [0.4, 0.5) is 16.2 Å². The number of halogens is 1. The predicted molar refractivity (Wildman–Crippen MR) is 136 cm³/mol. The first-order valence-electron chi connectivity index (χ1n) is 11.6. The zero-order valence-electron chi connectivity index (χ0n) is 20.0. The van der Waals surface area contributed by atoms with E-state index in [-0.39, 0.29) is 17.8 Å². The SMILES string of the molecule is COc1cc(C2=C(c3ccnc(N[C@H]4CCN(C(C)=O)C4)n3)N=C(c3ccc(F)cc3)C2)cnc1N. The fourth-order valence-electron chi connectivity index (χ4n) is 4.44. The number of ether oxygens (including phenoxy) is 1. The highest BCUT2D eigenvalue weighted by Gasteiger charge is 2.26. The highest BCUT2D eigenvalue weighted by molar-refractivity contribution is 6.16. The number of hydrogen-bond acceptors (Lipinski definition) is 8. The van der Waals surface area contributed by atoms with E-state index in [2.05, 4.69) is 15.3 Å². The number of nitrogens with zero attached hydrogens (tertiary/aromatic N) is 5. The Morgan fingerprint density at radius 3 is 2.72 bits per heavy atom. The van der Waals surface area contributed by atoms with E-state index < -0.39 is 0 Å². The van der Waals surface area contributed by atoms with Crippen LogP contribution in [-0.2, 0) is 4.79 Å². The fourth-order valence-corrected chi connectivity index (χ4v) is 4.44. The molecule has 4 heterocycles. The molecule has 3 aromatic rings. The maximum absolute atomic E-state index is 13.5. The molecule has 1 atom stereocenters. The van der Waals surface area contributed by atoms with Crippen LogP contribution in [0.25, 0.3) is 11.3 Å². The summed E-state index contributed by atoms with van der Waals surface area (Å²) in [5.41, 5.74) is 10.6. The van der Waals surface area contributed by atoms with Gasteiger partial charge in [-0.05, 0) is 41.8 Å². The number of methoxy groups -OCH3 is 1. The lowest BCUT2D eigenvalue weighted by molar-refractivity contribution is -0.127. The van der Waals surface area contributed by atoms with E-state index >= 15 is 0 Å². The van der Waals surface area contributed by atoms with Gasteiger partial charge in [0.05, 0.1) is 24.2 Å². The molecule has 36 heavy (non-hydrogen) atoms. The predicted octanol–water partition coefficient (Wildman–Crippen LogP) is 3.40. The number of anilines is 2. The summed E-state index contributed by atoms with van der Waals surface area (Å²) in [4.78, 5) is 31.8. The number of benzene rings is 1. The quantitative estimate of drug-likeness (QED) is 0.547. The molecule has 184 valence electrons. The van der Waals surface area contributed by atoms with Crippen LogP contribution in [0.2, 0.25) is 0 Å². The number of likely N-dealkylation sites (tertiary alicyclic amines) is 1. The summed E-state index contributed by atoms with van der Waals surface area (Å²) in [5, 5.41) is 3.34. The van der Waals surface area contributed by atoms with Gasteiger partial charge in [-0.1, -0.05) is 12.1 Å². The molecular formula is C26H26FN7O2. The second-order valence-electron chi connectivity index (χ2n) is 8.74. The Labute approximate surface area is 208 Å². The molecule has 2 aliphatic rings. The topological polar surface area (TPSA) is 119 Å². The molecule has 0 bridgehead atoms. The van der Waals surface area contributed by atoms with Crippen LogP contribution in [0.3, 0.4) is 0 Å². The lowest BCUT2D eigenvalue weighted by Gasteiger charge is -2.15. The van der Waals surface area contributed by atoms with Crippen LogP contribution in [0, 0.1) is 5.82 Å². The van der Waals surface area contributed by atoms with Gasteiger partial charge in [0.2, 0.25) is 11.9 Å². The van der Waals surface area contributed by atoms with Gasteiger partial charge < -0.3 is 20.7 Å². The first-order valence-corrected chi connectivity index (χ1v) is 11.6. The van der Waals surface area contributed by atoms with Gasteiger partial charge in [-0.25, -0.2) is 24.3 Å². The van der Waals surface area contributed by atoms with Gasteiger partial charge in [-0.3, -0.25) is 4.79 Å². The van der Waals surface area contributed by atoms with Crippen LogP contribution in [0.5, 0.6) is 5.75 Å². The van der Waals surface area contributed by atoms with Crippen molar-refractivity contribution in [3.63, 3.8) is 0 Å².